The molecule has 0 fully saturated rings. The van der Waals surface area contributed by atoms with E-state index >= 15 is 0 Å². The molecule has 1 aromatic rings. The van der Waals surface area contributed by atoms with E-state index in [4.69, 9.17) is 5.11 Å². The Morgan fingerprint density at radius 2 is 2.17 bits per heavy atom. The van der Waals surface area contributed by atoms with Gasteiger partial charge in [0.15, 0.2) is 15.5 Å². The maximum absolute atomic E-state index is 11.4. The maximum atomic E-state index is 11.4. The molecule has 18 heavy (non-hydrogen) atoms. The van der Waals surface area contributed by atoms with Crippen molar-refractivity contribution in [3.8, 4) is 0 Å². The summed E-state index contributed by atoms with van der Waals surface area (Å²) in [7, 11) is -2.52. The number of sulfone groups is 1. The van der Waals surface area contributed by atoms with Crippen molar-refractivity contribution in [1.82, 2.24) is 15.0 Å². The lowest BCUT2D eigenvalue weighted by atomic mass is 10.5. The molecule has 0 bridgehead atoms. The van der Waals surface area contributed by atoms with Gasteiger partial charge in [0.05, 0.1) is 25.6 Å². The first kappa shape index (κ1) is 14.1. The number of carbonyl (C=O) groups excluding carboxylic acids is 1. The molecule has 0 aliphatic heterocycles. The second-order valence-electron chi connectivity index (χ2n) is 3.34. The monoisotopic (exact) mass is 277 g/mol. The van der Waals surface area contributed by atoms with Crippen molar-refractivity contribution in [3.63, 3.8) is 0 Å². The SMILES string of the molecule is COC(=O)CS(=O)(=O)CCn1cc(C(=O)O)nn1. The van der Waals surface area contributed by atoms with Gasteiger partial charge >= 0.3 is 11.9 Å². The molecule has 0 radical (unpaired) electrons. The van der Waals surface area contributed by atoms with Crippen molar-refractivity contribution in [2.45, 2.75) is 6.54 Å². The highest BCUT2D eigenvalue weighted by molar-refractivity contribution is 7.92. The number of ether oxygens (including phenoxy) is 1. The molecule has 1 rings (SSSR count). The fraction of sp³-hybridized carbons (Fsp3) is 0.500. The van der Waals surface area contributed by atoms with E-state index < -0.39 is 27.5 Å². The van der Waals surface area contributed by atoms with Crippen LogP contribution in [-0.2, 0) is 25.9 Å². The van der Waals surface area contributed by atoms with Crippen LogP contribution in [0, 0.1) is 0 Å². The third kappa shape index (κ3) is 4.13. The van der Waals surface area contributed by atoms with Crippen molar-refractivity contribution in [2.75, 3.05) is 18.6 Å². The Morgan fingerprint density at radius 1 is 1.50 bits per heavy atom. The normalized spacial score (nSPS) is 11.2. The highest BCUT2D eigenvalue weighted by Crippen LogP contribution is 1.97. The number of carboxylic acid groups (broad SMARTS) is 1. The van der Waals surface area contributed by atoms with Crippen LogP contribution in [0.5, 0.6) is 0 Å². The zero-order valence-corrected chi connectivity index (χ0v) is 10.3. The Balaban J connectivity index is 2.58. The third-order valence-corrected chi connectivity index (χ3v) is 3.43. The number of methoxy groups -OCH3 is 1. The minimum absolute atomic E-state index is 0.0837. The van der Waals surface area contributed by atoms with Gasteiger partial charge in [0, 0.05) is 0 Å². The van der Waals surface area contributed by atoms with E-state index in [0.29, 0.717) is 0 Å². The highest BCUT2D eigenvalue weighted by Gasteiger charge is 2.18. The molecule has 0 unspecified atom stereocenters. The van der Waals surface area contributed by atoms with E-state index in [0.717, 1.165) is 18.0 Å². The smallest absolute Gasteiger partial charge is 0.358 e. The van der Waals surface area contributed by atoms with Gasteiger partial charge in [-0.15, -0.1) is 5.10 Å². The average molecular weight is 277 g/mol. The number of hydrogen-bond acceptors (Lipinski definition) is 7. The van der Waals surface area contributed by atoms with Crippen LogP contribution < -0.4 is 0 Å². The molecular formula is C8H11N3O6S. The first-order valence-corrected chi connectivity index (χ1v) is 6.57. The van der Waals surface area contributed by atoms with Crippen molar-refractivity contribution in [3.05, 3.63) is 11.9 Å². The Kier molecular flexibility index (Phi) is 4.37. The van der Waals surface area contributed by atoms with E-state index in [-0.39, 0.29) is 18.0 Å². The van der Waals surface area contributed by atoms with Crippen LogP contribution >= 0.6 is 0 Å². The quantitative estimate of drug-likeness (QED) is 0.626. The summed E-state index contributed by atoms with van der Waals surface area (Å²) in [5.74, 6) is -3.17. The van der Waals surface area contributed by atoms with Crippen molar-refractivity contribution >= 4 is 21.8 Å². The van der Waals surface area contributed by atoms with Crippen LogP contribution in [0.15, 0.2) is 6.20 Å². The molecule has 0 saturated carbocycles. The van der Waals surface area contributed by atoms with Crippen LogP contribution in [0.2, 0.25) is 0 Å². The first-order chi connectivity index (χ1) is 8.34. The van der Waals surface area contributed by atoms with E-state index in [1.807, 2.05) is 0 Å². The standard InChI is InChI=1S/C8H11N3O6S/c1-17-7(12)5-18(15,16)3-2-11-4-6(8(13)14)9-10-11/h4H,2-3,5H2,1H3,(H,13,14). The van der Waals surface area contributed by atoms with E-state index in [9.17, 15) is 18.0 Å². The predicted molar refractivity (Wildman–Crippen MR) is 57.7 cm³/mol. The summed E-state index contributed by atoms with van der Waals surface area (Å²) in [5, 5.41) is 15.3. The molecule has 0 saturated heterocycles. The zero-order valence-electron chi connectivity index (χ0n) is 9.44. The number of aromatic carboxylic acids is 1. The fourth-order valence-corrected chi connectivity index (χ4v) is 2.14. The van der Waals surface area contributed by atoms with Gasteiger partial charge in [-0.3, -0.25) is 9.48 Å². The van der Waals surface area contributed by atoms with Crippen molar-refractivity contribution in [1.29, 1.82) is 0 Å². The lowest BCUT2D eigenvalue weighted by Crippen LogP contribution is -2.22. The van der Waals surface area contributed by atoms with E-state index in [2.05, 4.69) is 15.0 Å². The number of rotatable bonds is 6. The summed E-state index contributed by atoms with van der Waals surface area (Å²) in [6, 6.07) is 0. The number of carboxylic acids is 1. The molecule has 1 heterocycles. The molecule has 0 amide bonds. The Morgan fingerprint density at radius 3 is 2.67 bits per heavy atom. The molecule has 1 N–H and O–H groups in total. The van der Waals surface area contributed by atoms with Gasteiger partial charge in [-0.25, -0.2) is 13.2 Å². The number of hydrogen-bond donors (Lipinski definition) is 1. The summed E-state index contributed by atoms with van der Waals surface area (Å²) in [6.07, 6.45) is 1.11. The maximum Gasteiger partial charge on any atom is 0.358 e. The molecule has 1 aromatic heterocycles. The molecule has 100 valence electrons. The van der Waals surface area contributed by atoms with Gasteiger partial charge in [-0.2, -0.15) is 0 Å². The largest absolute Gasteiger partial charge is 0.476 e. The molecule has 0 aromatic carbocycles. The van der Waals surface area contributed by atoms with Crippen LogP contribution in [0.4, 0.5) is 0 Å². The second kappa shape index (κ2) is 5.58. The fourth-order valence-electron chi connectivity index (χ4n) is 1.05. The summed E-state index contributed by atoms with van der Waals surface area (Å²) in [6.45, 7) is -0.0837. The van der Waals surface area contributed by atoms with Gasteiger partial charge in [-0.1, -0.05) is 5.21 Å². The Labute approximate surface area is 102 Å². The van der Waals surface area contributed by atoms with Crippen LogP contribution in [0.1, 0.15) is 10.5 Å². The summed E-state index contributed by atoms with van der Waals surface area (Å²) in [5.41, 5.74) is -0.277. The first-order valence-electron chi connectivity index (χ1n) is 4.75. The molecule has 0 aliphatic rings. The van der Waals surface area contributed by atoms with Gasteiger partial charge in [0.1, 0.15) is 5.75 Å². The van der Waals surface area contributed by atoms with Gasteiger partial charge < -0.3 is 9.84 Å². The molecule has 10 heteroatoms. The number of aryl methyl sites for hydroxylation is 1. The number of carbonyl (C=O) groups is 2. The van der Waals surface area contributed by atoms with Gasteiger partial charge in [-0.05, 0) is 0 Å². The summed E-state index contributed by atoms with van der Waals surface area (Å²) in [4.78, 5) is 21.3. The van der Waals surface area contributed by atoms with Crippen LogP contribution in [-0.4, -0.2) is 59.1 Å². The third-order valence-electron chi connectivity index (χ3n) is 1.95. The van der Waals surface area contributed by atoms with Crippen molar-refractivity contribution < 1.29 is 27.9 Å². The van der Waals surface area contributed by atoms with Crippen LogP contribution in [0.25, 0.3) is 0 Å². The average Bonchev–Trinajstić information content (AvgIpc) is 2.74. The molecule has 9 nitrogen and oxygen atoms in total. The number of esters is 1. The Hall–Kier alpha value is -1.97. The number of aromatic nitrogens is 3. The minimum Gasteiger partial charge on any atom is -0.476 e. The predicted octanol–water partition coefficient (Wildman–Crippen LogP) is -1.44. The molecule has 0 atom stereocenters. The second-order valence-corrected chi connectivity index (χ2v) is 5.52. The lowest BCUT2D eigenvalue weighted by Gasteiger charge is -2.02. The number of nitrogens with zero attached hydrogens (tertiary/aromatic N) is 3. The molecular weight excluding hydrogens is 266 g/mol. The van der Waals surface area contributed by atoms with Gasteiger partial charge in [0.25, 0.3) is 0 Å². The van der Waals surface area contributed by atoms with Gasteiger partial charge in [0.2, 0.25) is 0 Å². The van der Waals surface area contributed by atoms with Crippen molar-refractivity contribution in [2.24, 2.45) is 0 Å². The zero-order chi connectivity index (χ0) is 13.8. The summed E-state index contributed by atoms with van der Waals surface area (Å²) >= 11 is 0. The molecule has 0 spiro atoms. The topological polar surface area (TPSA) is 128 Å². The van der Waals surface area contributed by atoms with E-state index in [1.54, 1.807) is 0 Å². The highest BCUT2D eigenvalue weighted by atomic mass is 32.2. The molecule has 0 aliphatic carbocycles. The van der Waals surface area contributed by atoms with Crippen LogP contribution in [0.3, 0.4) is 0 Å². The lowest BCUT2D eigenvalue weighted by molar-refractivity contribution is -0.137. The Bertz CT molecular complexity index is 549. The minimum atomic E-state index is -3.61. The van der Waals surface area contributed by atoms with E-state index in [1.165, 1.54) is 0 Å². The summed E-state index contributed by atoms with van der Waals surface area (Å²) < 4.78 is 28.2.